The number of benzene rings is 1. The highest BCUT2D eigenvalue weighted by Crippen LogP contribution is 2.24. The molecule has 0 saturated carbocycles. The number of nitrogens with two attached hydrogens (primary N) is 1. The Labute approximate surface area is 118 Å². The summed E-state index contributed by atoms with van der Waals surface area (Å²) in [6, 6.07) is 9.64. The van der Waals surface area contributed by atoms with Crippen molar-refractivity contribution in [3.05, 3.63) is 41.0 Å². The first-order valence-electron chi connectivity index (χ1n) is 6.02. The molecule has 0 amide bonds. The normalized spacial score (nSPS) is 11.4. The molecule has 0 radical (unpaired) electrons. The van der Waals surface area contributed by atoms with Crippen molar-refractivity contribution in [2.24, 2.45) is 0 Å². The zero-order valence-electron chi connectivity index (χ0n) is 11.2. The predicted molar refractivity (Wildman–Crippen MR) is 79.9 cm³/mol. The van der Waals surface area contributed by atoms with Crippen LogP contribution in [0.5, 0.6) is 0 Å². The summed E-state index contributed by atoms with van der Waals surface area (Å²) < 4.78 is 0. The second-order valence-corrected chi connectivity index (χ2v) is 5.78. The van der Waals surface area contributed by atoms with Crippen molar-refractivity contribution < 1.29 is 0 Å². The van der Waals surface area contributed by atoms with Gasteiger partial charge in [0, 0.05) is 11.8 Å². The van der Waals surface area contributed by atoms with E-state index < -0.39 is 0 Å². The molecule has 0 unspecified atom stereocenters. The number of hydrogen-bond donors (Lipinski definition) is 2. The number of hydrogen-bond acceptors (Lipinski definition) is 4. The maximum absolute atomic E-state index is 5.83. The minimum absolute atomic E-state index is 0.134. The Morgan fingerprint density at radius 3 is 2.26 bits per heavy atom. The fourth-order valence-corrected chi connectivity index (χ4v) is 1.87. The van der Waals surface area contributed by atoms with Crippen molar-refractivity contribution in [1.82, 2.24) is 9.97 Å². The standard InChI is InChI=1S/C14H17ClN4/c1-14(2,3)9-4-6-10(7-5-9)17-13-18-11(15)8-12(16)19-13/h4-8H,1-3H3,(H3,16,17,18,19). The molecule has 2 aromatic rings. The van der Waals surface area contributed by atoms with Gasteiger partial charge in [0.1, 0.15) is 11.0 Å². The summed E-state index contributed by atoms with van der Waals surface area (Å²) in [5, 5.41) is 3.40. The SMILES string of the molecule is CC(C)(C)c1ccc(Nc2nc(N)cc(Cl)n2)cc1. The van der Waals surface area contributed by atoms with Crippen LogP contribution in [-0.4, -0.2) is 9.97 Å². The maximum Gasteiger partial charge on any atom is 0.230 e. The van der Waals surface area contributed by atoms with Gasteiger partial charge in [-0.1, -0.05) is 44.5 Å². The van der Waals surface area contributed by atoms with E-state index in [1.807, 2.05) is 12.1 Å². The van der Waals surface area contributed by atoms with E-state index in [4.69, 9.17) is 17.3 Å². The molecule has 1 heterocycles. The number of halogens is 1. The minimum Gasteiger partial charge on any atom is -0.383 e. The van der Waals surface area contributed by atoms with Crippen molar-refractivity contribution in [2.45, 2.75) is 26.2 Å². The molecule has 2 rings (SSSR count). The van der Waals surface area contributed by atoms with E-state index in [-0.39, 0.29) is 5.41 Å². The summed E-state index contributed by atoms with van der Waals surface area (Å²) in [5.41, 5.74) is 7.92. The van der Waals surface area contributed by atoms with Crippen LogP contribution in [0.3, 0.4) is 0 Å². The van der Waals surface area contributed by atoms with Gasteiger partial charge in [-0.25, -0.2) is 4.98 Å². The lowest BCUT2D eigenvalue weighted by Crippen LogP contribution is -2.10. The molecule has 4 nitrogen and oxygen atoms in total. The Hall–Kier alpha value is -1.81. The summed E-state index contributed by atoms with van der Waals surface area (Å²) in [4.78, 5) is 8.14. The molecule has 0 atom stereocenters. The Kier molecular flexibility index (Phi) is 3.62. The van der Waals surface area contributed by atoms with Crippen molar-refractivity contribution >= 4 is 29.1 Å². The van der Waals surface area contributed by atoms with Gasteiger partial charge < -0.3 is 11.1 Å². The van der Waals surface area contributed by atoms with E-state index in [0.29, 0.717) is 16.9 Å². The van der Waals surface area contributed by atoms with Gasteiger partial charge in [-0.3, -0.25) is 0 Å². The number of rotatable bonds is 2. The van der Waals surface area contributed by atoms with Crippen LogP contribution < -0.4 is 11.1 Å². The highest BCUT2D eigenvalue weighted by Gasteiger charge is 2.12. The van der Waals surface area contributed by atoms with Crippen LogP contribution in [-0.2, 0) is 5.41 Å². The van der Waals surface area contributed by atoms with E-state index in [0.717, 1.165) is 5.69 Å². The smallest absolute Gasteiger partial charge is 0.230 e. The molecule has 0 bridgehead atoms. The van der Waals surface area contributed by atoms with Gasteiger partial charge in [0.15, 0.2) is 0 Å². The van der Waals surface area contributed by atoms with Crippen LogP contribution in [0.1, 0.15) is 26.3 Å². The number of aromatic nitrogens is 2. The fourth-order valence-electron chi connectivity index (χ4n) is 1.67. The average molecular weight is 277 g/mol. The fraction of sp³-hybridized carbons (Fsp3) is 0.286. The zero-order valence-corrected chi connectivity index (χ0v) is 12.0. The third-order valence-electron chi connectivity index (χ3n) is 2.72. The van der Waals surface area contributed by atoms with Crippen molar-refractivity contribution in [1.29, 1.82) is 0 Å². The van der Waals surface area contributed by atoms with Gasteiger partial charge in [0.25, 0.3) is 0 Å². The molecule has 5 heteroatoms. The quantitative estimate of drug-likeness (QED) is 0.820. The van der Waals surface area contributed by atoms with Crippen LogP contribution in [0.15, 0.2) is 30.3 Å². The summed E-state index contributed by atoms with van der Waals surface area (Å²) >= 11 is 5.83. The van der Waals surface area contributed by atoms with E-state index in [9.17, 15) is 0 Å². The summed E-state index contributed by atoms with van der Waals surface area (Å²) in [6.07, 6.45) is 0. The van der Waals surface area contributed by atoms with Gasteiger partial charge in [-0.15, -0.1) is 0 Å². The molecule has 0 aliphatic rings. The first-order valence-corrected chi connectivity index (χ1v) is 6.40. The molecular weight excluding hydrogens is 260 g/mol. The van der Waals surface area contributed by atoms with Crippen LogP contribution in [0.2, 0.25) is 5.15 Å². The highest BCUT2D eigenvalue weighted by atomic mass is 35.5. The third kappa shape index (κ3) is 3.58. The molecule has 0 saturated heterocycles. The number of nitrogens with one attached hydrogen (secondary N) is 1. The van der Waals surface area contributed by atoms with Crippen molar-refractivity contribution in [3.63, 3.8) is 0 Å². The second-order valence-electron chi connectivity index (χ2n) is 5.39. The van der Waals surface area contributed by atoms with Crippen molar-refractivity contribution in [3.8, 4) is 0 Å². The van der Waals surface area contributed by atoms with Crippen LogP contribution in [0.4, 0.5) is 17.5 Å². The van der Waals surface area contributed by atoms with Gasteiger partial charge >= 0.3 is 0 Å². The van der Waals surface area contributed by atoms with E-state index >= 15 is 0 Å². The summed E-state index contributed by atoms with van der Waals surface area (Å²) in [7, 11) is 0. The molecule has 1 aromatic carbocycles. The second kappa shape index (κ2) is 5.05. The van der Waals surface area contributed by atoms with E-state index in [2.05, 4.69) is 48.2 Å². The number of anilines is 3. The molecule has 0 aliphatic carbocycles. The van der Waals surface area contributed by atoms with Gasteiger partial charge in [-0.2, -0.15) is 4.98 Å². The topological polar surface area (TPSA) is 63.8 Å². The molecule has 1 aromatic heterocycles. The molecule has 3 N–H and O–H groups in total. The van der Waals surface area contributed by atoms with Gasteiger partial charge in [0.05, 0.1) is 0 Å². The number of nitrogen functional groups attached to an aromatic ring is 1. The van der Waals surface area contributed by atoms with Crippen LogP contribution >= 0.6 is 11.6 Å². The van der Waals surface area contributed by atoms with Crippen molar-refractivity contribution in [2.75, 3.05) is 11.1 Å². The van der Waals surface area contributed by atoms with Crippen LogP contribution in [0.25, 0.3) is 0 Å². The van der Waals surface area contributed by atoms with Gasteiger partial charge in [0.2, 0.25) is 5.95 Å². The zero-order chi connectivity index (χ0) is 14.0. The Bertz CT molecular complexity index is 553. The molecule has 0 aliphatic heterocycles. The Morgan fingerprint density at radius 1 is 1.11 bits per heavy atom. The monoisotopic (exact) mass is 276 g/mol. The molecule has 100 valence electrons. The lowest BCUT2D eigenvalue weighted by Gasteiger charge is -2.19. The van der Waals surface area contributed by atoms with E-state index in [1.54, 1.807) is 0 Å². The molecule has 19 heavy (non-hydrogen) atoms. The largest absolute Gasteiger partial charge is 0.383 e. The highest BCUT2D eigenvalue weighted by molar-refractivity contribution is 6.29. The molecule has 0 spiro atoms. The van der Waals surface area contributed by atoms with Gasteiger partial charge in [-0.05, 0) is 23.1 Å². The summed E-state index contributed by atoms with van der Waals surface area (Å²) in [6.45, 7) is 6.53. The molecular formula is C14H17ClN4. The molecule has 0 fully saturated rings. The first kappa shape index (κ1) is 13.6. The first-order chi connectivity index (χ1) is 8.84. The minimum atomic E-state index is 0.134. The average Bonchev–Trinajstić information content (AvgIpc) is 2.26. The third-order valence-corrected chi connectivity index (χ3v) is 2.92. The lowest BCUT2D eigenvalue weighted by atomic mass is 9.87. The Balaban J connectivity index is 2.20. The van der Waals surface area contributed by atoms with E-state index in [1.165, 1.54) is 11.6 Å². The predicted octanol–water partition coefficient (Wildman–Crippen LogP) is 3.75. The Morgan fingerprint density at radius 2 is 1.74 bits per heavy atom. The number of nitrogens with zero attached hydrogens (tertiary/aromatic N) is 2. The maximum atomic E-state index is 5.83. The lowest BCUT2D eigenvalue weighted by molar-refractivity contribution is 0.590. The van der Waals surface area contributed by atoms with Crippen LogP contribution in [0, 0.1) is 0 Å². The summed E-state index contributed by atoms with van der Waals surface area (Å²) in [5.74, 6) is 0.738.